The van der Waals surface area contributed by atoms with Crippen molar-refractivity contribution in [3.63, 3.8) is 0 Å². The second-order valence-electron chi connectivity index (χ2n) is 4.76. The Morgan fingerprint density at radius 1 is 1.28 bits per heavy atom. The van der Waals surface area contributed by atoms with E-state index in [0.717, 1.165) is 19.6 Å². The van der Waals surface area contributed by atoms with E-state index in [0.29, 0.717) is 12.1 Å². The molecule has 0 saturated carbocycles. The van der Waals surface area contributed by atoms with Crippen LogP contribution < -0.4 is 10.6 Å². The summed E-state index contributed by atoms with van der Waals surface area (Å²) in [6.45, 7) is 3.09. The number of nitrogens with one attached hydrogen (secondary N) is 2. The molecule has 0 bridgehead atoms. The van der Waals surface area contributed by atoms with Crippen LogP contribution in [0.2, 0.25) is 0 Å². The summed E-state index contributed by atoms with van der Waals surface area (Å²) < 4.78 is 13.9. The molecule has 2 atom stereocenters. The number of carbonyl (C=O) groups is 1. The predicted octanol–water partition coefficient (Wildman–Crippen LogP) is 0.270. The Morgan fingerprint density at radius 2 is 2.11 bits per heavy atom. The van der Waals surface area contributed by atoms with Crippen LogP contribution in [-0.2, 0) is 4.79 Å². The molecule has 2 heterocycles. The third kappa shape index (κ3) is 1.89. The van der Waals surface area contributed by atoms with Crippen LogP contribution in [0.1, 0.15) is 11.6 Å². The molecule has 4 nitrogen and oxygen atoms in total. The molecule has 1 amide bonds. The van der Waals surface area contributed by atoms with Crippen LogP contribution in [0.4, 0.5) is 4.39 Å². The van der Waals surface area contributed by atoms with Crippen LogP contribution in [0.15, 0.2) is 24.3 Å². The van der Waals surface area contributed by atoms with E-state index in [4.69, 9.17) is 0 Å². The van der Waals surface area contributed by atoms with Gasteiger partial charge in [-0.3, -0.25) is 9.69 Å². The molecule has 2 unspecified atom stereocenters. The SMILES string of the molecule is O=C1NCC2CNCCN2C1c1ccccc1F. The lowest BCUT2D eigenvalue weighted by atomic mass is 9.97. The second kappa shape index (κ2) is 4.66. The predicted molar refractivity (Wildman–Crippen MR) is 65.5 cm³/mol. The number of hydrogen-bond acceptors (Lipinski definition) is 3. The van der Waals surface area contributed by atoms with Crippen LogP contribution in [0.5, 0.6) is 0 Å². The number of piperazine rings is 2. The summed E-state index contributed by atoms with van der Waals surface area (Å²) in [5, 5.41) is 6.17. The summed E-state index contributed by atoms with van der Waals surface area (Å²) in [4.78, 5) is 14.2. The molecule has 1 aromatic carbocycles. The van der Waals surface area contributed by atoms with Crippen molar-refractivity contribution in [2.45, 2.75) is 12.1 Å². The van der Waals surface area contributed by atoms with E-state index < -0.39 is 6.04 Å². The van der Waals surface area contributed by atoms with E-state index in [1.165, 1.54) is 6.07 Å². The first-order valence-electron chi connectivity index (χ1n) is 6.26. The molecule has 96 valence electrons. The normalized spacial score (nSPS) is 28.6. The maximum absolute atomic E-state index is 13.9. The first kappa shape index (κ1) is 11.6. The quantitative estimate of drug-likeness (QED) is 0.751. The van der Waals surface area contributed by atoms with Crippen molar-refractivity contribution in [1.82, 2.24) is 15.5 Å². The van der Waals surface area contributed by atoms with Gasteiger partial charge in [-0.2, -0.15) is 0 Å². The number of rotatable bonds is 1. The van der Waals surface area contributed by atoms with Crippen molar-refractivity contribution >= 4 is 5.91 Å². The first-order chi connectivity index (χ1) is 8.77. The number of benzene rings is 1. The molecule has 5 heteroatoms. The molecule has 3 rings (SSSR count). The highest BCUT2D eigenvalue weighted by Crippen LogP contribution is 2.28. The van der Waals surface area contributed by atoms with Gasteiger partial charge in [0.15, 0.2) is 0 Å². The van der Waals surface area contributed by atoms with Gasteiger partial charge in [-0.25, -0.2) is 4.39 Å². The minimum Gasteiger partial charge on any atom is -0.353 e. The van der Waals surface area contributed by atoms with Crippen molar-refractivity contribution in [3.8, 4) is 0 Å². The average molecular weight is 249 g/mol. The number of halogens is 1. The summed E-state index contributed by atoms with van der Waals surface area (Å²) in [5.41, 5.74) is 0.474. The zero-order valence-corrected chi connectivity index (χ0v) is 10.0. The fourth-order valence-corrected chi connectivity index (χ4v) is 2.79. The molecule has 2 aliphatic rings. The molecule has 2 saturated heterocycles. The fourth-order valence-electron chi connectivity index (χ4n) is 2.79. The molecule has 2 fully saturated rings. The third-order valence-corrected chi connectivity index (χ3v) is 3.69. The van der Waals surface area contributed by atoms with Gasteiger partial charge < -0.3 is 10.6 Å². The fraction of sp³-hybridized carbons (Fsp3) is 0.462. The van der Waals surface area contributed by atoms with Gasteiger partial charge in [-0.1, -0.05) is 18.2 Å². The largest absolute Gasteiger partial charge is 0.353 e. The van der Waals surface area contributed by atoms with Gasteiger partial charge in [0.2, 0.25) is 5.91 Å². The molecule has 0 radical (unpaired) electrons. The standard InChI is InChI=1S/C13H16FN3O/c14-11-4-2-1-3-10(11)12-13(18)16-8-9-7-15-5-6-17(9)12/h1-4,9,12,15H,5-8H2,(H,16,18). The smallest absolute Gasteiger partial charge is 0.242 e. The van der Waals surface area contributed by atoms with Crippen LogP contribution in [0.3, 0.4) is 0 Å². The lowest BCUT2D eigenvalue weighted by Gasteiger charge is -2.44. The molecule has 2 aliphatic heterocycles. The van der Waals surface area contributed by atoms with Gasteiger partial charge in [0, 0.05) is 37.8 Å². The molecular weight excluding hydrogens is 233 g/mol. The maximum Gasteiger partial charge on any atom is 0.242 e. The summed E-state index contributed by atoms with van der Waals surface area (Å²) in [5.74, 6) is -0.407. The van der Waals surface area contributed by atoms with Gasteiger partial charge in [0.05, 0.1) is 0 Å². The molecular formula is C13H16FN3O. The van der Waals surface area contributed by atoms with Gasteiger partial charge in [0.1, 0.15) is 11.9 Å². The molecule has 18 heavy (non-hydrogen) atoms. The Kier molecular flexibility index (Phi) is 3.01. The van der Waals surface area contributed by atoms with E-state index >= 15 is 0 Å². The zero-order chi connectivity index (χ0) is 12.5. The van der Waals surface area contributed by atoms with Gasteiger partial charge in [0.25, 0.3) is 0 Å². The van der Waals surface area contributed by atoms with E-state index in [2.05, 4.69) is 15.5 Å². The van der Waals surface area contributed by atoms with Gasteiger partial charge >= 0.3 is 0 Å². The highest BCUT2D eigenvalue weighted by molar-refractivity contribution is 5.84. The number of amides is 1. The van der Waals surface area contributed by atoms with Crippen molar-refractivity contribution in [3.05, 3.63) is 35.6 Å². The van der Waals surface area contributed by atoms with Crippen LogP contribution in [0, 0.1) is 5.82 Å². The molecule has 1 aromatic rings. The molecule has 2 N–H and O–H groups in total. The van der Waals surface area contributed by atoms with E-state index in [9.17, 15) is 9.18 Å². The summed E-state index contributed by atoms with van der Waals surface area (Å²) in [7, 11) is 0. The topological polar surface area (TPSA) is 44.4 Å². The van der Waals surface area contributed by atoms with E-state index in [-0.39, 0.29) is 17.8 Å². The van der Waals surface area contributed by atoms with Crippen LogP contribution in [-0.4, -0.2) is 43.0 Å². The maximum atomic E-state index is 13.9. The zero-order valence-electron chi connectivity index (χ0n) is 10.0. The van der Waals surface area contributed by atoms with Crippen LogP contribution >= 0.6 is 0 Å². The van der Waals surface area contributed by atoms with Crippen molar-refractivity contribution < 1.29 is 9.18 Å². The highest BCUT2D eigenvalue weighted by atomic mass is 19.1. The number of carbonyl (C=O) groups excluding carboxylic acids is 1. The third-order valence-electron chi connectivity index (χ3n) is 3.69. The Labute approximate surface area is 105 Å². The highest BCUT2D eigenvalue weighted by Gasteiger charge is 2.39. The first-order valence-corrected chi connectivity index (χ1v) is 6.26. The Hall–Kier alpha value is -1.46. The van der Waals surface area contributed by atoms with Gasteiger partial charge in [-0.15, -0.1) is 0 Å². The Morgan fingerprint density at radius 3 is 2.94 bits per heavy atom. The molecule has 0 aromatic heterocycles. The summed E-state index contributed by atoms with van der Waals surface area (Å²) >= 11 is 0. The molecule has 0 spiro atoms. The number of nitrogens with zero attached hydrogens (tertiary/aromatic N) is 1. The van der Waals surface area contributed by atoms with Crippen molar-refractivity contribution in [1.29, 1.82) is 0 Å². The van der Waals surface area contributed by atoms with E-state index in [1.807, 2.05) is 0 Å². The molecule has 0 aliphatic carbocycles. The summed E-state index contributed by atoms with van der Waals surface area (Å²) in [6, 6.07) is 6.29. The minimum atomic E-state index is -0.493. The van der Waals surface area contributed by atoms with Crippen molar-refractivity contribution in [2.75, 3.05) is 26.2 Å². The Bertz CT molecular complexity index is 465. The number of fused-ring (bicyclic) bond motifs is 1. The van der Waals surface area contributed by atoms with Gasteiger partial charge in [-0.05, 0) is 6.07 Å². The lowest BCUT2D eigenvalue weighted by molar-refractivity contribution is -0.132. The average Bonchev–Trinajstić information content (AvgIpc) is 2.40. The summed E-state index contributed by atoms with van der Waals surface area (Å²) in [6.07, 6.45) is 0. The van der Waals surface area contributed by atoms with Crippen molar-refractivity contribution in [2.24, 2.45) is 0 Å². The second-order valence-corrected chi connectivity index (χ2v) is 4.76. The van der Waals surface area contributed by atoms with Crippen LogP contribution in [0.25, 0.3) is 0 Å². The minimum absolute atomic E-state index is 0.0988. The van der Waals surface area contributed by atoms with E-state index in [1.54, 1.807) is 18.2 Å². The monoisotopic (exact) mass is 249 g/mol. The number of hydrogen-bond donors (Lipinski definition) is 2. The lowest BCUT2D eigenvalue weighted by Crippen LogP contribution is -2.63. The Balaban J connectivity index is 1.96.